The molecule has 3 N–H and O–H groups in total. The molecule has 0 unspecified atom stereocenters. The van der Waals surface area contributed by atoms with Crippen LogP contribution in [0.3, 0.4) is 0 Å². The molecule has 2 heterocycles. The summed E-state index contributed by atoms with van der Waals surface area (Å²) in [4.78, 5) is 24.0. The highest BCUT2D eigenvalue weighted by molar-refractivity contribution is 5.97. The number of amides is 1. The van der Waals surface area contributed by atoms with Gasteiger partial charge in [-0.2, -0.15) is 0 Å². The fourth-order valence-corrected chi connectivity index (χ4v) is 2.28. The fourth-order valence-electron chi connectivity index (χ4n) is 2.28. The summed E-state index contributed by atoms with van der Waals surface area (Å²) in [6.45, 7) is 2.64. The minimum atomic E-state index is -0.614. The van der Waals surface area contributed by atoms with Crippen molar-refractivity contribution in [3.05, 3.63) is 34.1 Å². The van der Waals surface area contributed by atoms with Crippen molar-refractivity contribution in [2.75, 3.05) is 6.79 Å². The van der Waals surface area contributed by atoms with E-state index in [1.807, 2.05) is 12.3 Å². The van der Waals surface area contributed by atoms with E-state index in [1.165, 1.54) is 6.20 Å². The summed E-state index contributed by atoms with van der Waals surface area (Å²) >= 11 is 0. The number of benzene rings is 1. The first kappa shape index (κ1) is 12.5. The summed E-state index contributed by atoms with van der Waals surface area (Å²) in [7, 11) is 0. The van der Waals surface area contributed by atoms with Crippen molar-refractivity contribution in [1.82, 2.24) is 9.99 Å². The summed E-state index contributed by atoms with van der Waals surface area (Å²) in [5, 5.41) is 0.400. The van der Waals surface area contributed by atoms with E-state index >= 15 is 0 Å². The molecule has 1 amide bonds. The fraction of sp³-hybridized carbons (Fsp3) is 0.231. The van der Waals surface area contributed by atoms with Crippen molar-refractivity contribution >= 4 is 16.8 Å². The van der Waals surface area contributed by atoms with Gasteiger partial charge in [-0.3, -0.25) is 15.0 Å². The van der Waals surface area contributed by atoms with Crippen molar-refractivity contribution < 1.29 is 14.3 Å². The topological polar surface area (TPSA) is 95.6 Å². The van der Waals surface area contributed by atoms with E-state index in [0.29, 0.717) is 28.9 Å². The van der Waals surface area contributed by atoms with Crippen molar-refractivity contribution in [3.63, 3.8) is 0 Å². The first-order valence-corrected chi connectivity index (χ1v) is 6.13. The molecule has 1 aliphatic heterocycles. The number of nitrogens with zero attached hydrogens (tertiary/aromatic N) is 1. The highest BCUT2D eigenvalue weighted by Crippen LogP contribution is 2.35. The quantitative estimate of drug-likeness (QED) is 0.468. The van der Waals surface area contributed by atoms with Crippen LogP contribution < -0.4 is 26.2 Å². The number of nitrogens with two attached hydrogens (primary N) is 1. The van der Waals surface area contributed by atoms with Crippen molar-refractivity contribution in [2.24, 2.45) is 5.84 Å². The van der Waals surface area contributed by atoms with Gasteiger partial charge in [0.2, 0.25) is 12.2 Å². The highest BCUT2D eigenvalue weighted by atomic mass is 16.7. The molecule has 0 saturated carbocycles. The van der Waals surface area contributed by atoms with Crippen LogP contribution in [0.2, 0.25) is 0 Å². The molecular weight excluding hydrogens is 262 g/mol. The molecule has 1 aromatic heterocycles. The van der Waals surface area contributed by atoms with Gasteiger partial charge < -0.3 is 14.0 Å². The smallest absolute Gasteiger partial charge is 0.270 e. The van der Waals surface area contributed by atoms with E-state index in [2.05, 4.69) is 0 Å². The third-order valence-electron chi connectivity index (χ3n) is 3.29. The highest BCUT2D eigenvalue weighted by Gasteiger charge is 2.20. The van der Waals surface area contributed by atoms with Gasteiger partial charge in [0, 0.05) is 18.8 Å². The molecule has 0 bridgehead atoms. The van der Waals surface area contributed by atoms with Crippen molar-refractivity contribution in [3.8, 4) is 11.5 Å². The second-order valence-corrected chi connectivity index (χ2v) is 4.35. The Hall–Kier alpha value is -2.54. The molecule has 3 rings (SSSR count). The second-order valence-electron chi connectivity index (χ2n) is 4.35. The lowest BCUT2D eigenvalue weighted by Gasteiger charge is -2.11. The molecule has 0 atom stereocenters. The van der Waals surface area contributed by atoms with E-state index in [0.717, 1.165) is 0 Å². The van der Waals surface area contributed by atoms with Gasteiger partial charge in [0.15, 0.2) is 11.5 Å². The lowest BCUT2D eigenvalue weighted by molar-refractivity contribution is 0.0952. The monoisotopic (exact) mass is 275 g/mol. The maximum Gasteiger partial charge on any atom is 0.270 e. The Balaban J connectivity index is 2.37. The normalized spacial score (nSPS) is 12.7. The summed E-state index contributed by atoms with van der Waals surface area (Å²) in [6, 6.07) is 3.34. The lowest BCUT2D eigenvalue weighted by Crippen LogP contribution is -2.34. The van der Waals surface area contributed by atoms with Crippen molar-refractivity contribution in [2.45, 2.75) is 13.5 Å². The SMILES string of the molecule is CCn1cc(C(=O)NN)c(=O)c2cc3c(cc21)OCO3. The average molecular weight is 275 g/mol. The molecule has 2 aromatic rings. The summed E-state index contributed by atoms with van der Waals surface area (Å²) in [5.41, 5.74) is 2.29. The third kappa shape index (κ3) is 1.71. The minimum absolute atomic E-state index is 0.000662. The number of pyridine rings is 1. The molecule has 7 nitrogen and oxygen atoms in total. The standard InChI is InChI=1S/C13H13N3O4/c1-2-16-5-8(13(18)15-14)12(17)7-3-10-11(4-9(7)16)20-6-19-10/h3-5H,2,6,14H2,1H3,(H,15,18). The number of aromatic nitrogens is 1. The first-order valence-electron chi connectivity index (χ1n) is 6.13. The van der Waals surface area contributed by atoms with E-state index in [4.69, 9.17) is 15.3 Å². The second kappa shape index (κ2) is 4.53. The lowest BCUT2D eigenvalue weighted by atomic mass is 10.1. The Labute approximate surface area is 113 Å². The van der Waals surface area contributed by atoms with Crippen LogP contribution in [0.5, 0.6) is 11.5 Å². The van der Waals surface area contributed by atoms with Gasteiger partial charge in [-0.25, -0.2) is 5.84 Å². The molecule has 0 spiro atoms. The van der Waals surface area contributed by atoms with Gasteiger partial charge in [-0.05, 0) is 13.0 Å². The Morgan fingerprint density at radius 1 is 1.40 bits per heavy atom. The van der Waals surface area contributed by atoms with Gasteiger partial charge in [0.25, 0.3) is 5.91 Å². The Kier molecular flexibility index (Phi) is 2.83. The zero-order valence-corrected chi connectivity index (χ0v) is 10.8. The number of nitrogen functional groups attached to an aromatic ring is 1. The predicted molar refractivity (Wildman–Crippen MR) is 71.7 cm³/mol. The Morgan fingerprint density at radius 2 is 2.10 bits per heavy atom. The molecule has 0 aliphatic carbocycles. The van der Waals surface area contributed by atoms with Crippen LogP contribution >= 0.6 is 0 Å². The number of fused-ring (bicyclic) bond motifs is 2. The zero-order valence-electron chi connectivity index (χ0n) is 10.8. The molecule has 7 heteroatoms. The van der Waals surface area contributed by atoms with Gasteiger partial charge in [-0.15, -0.1) is 0 Å². The van der Waals surface area contributed by atoms with Crippen LogP contribution in [-0.2, 0) is 6.54 Å². The maximum atomic E-state index is 12.4. The molecule has 1 aliphatic rings. The van der Waals surface area contributed by atoms with E-state index < -0.39 is 5.91 Å². The Morgan fingerprint density at radius 3 is 2.75 bits per heavy atom. The van der Waals surface area contributed by atoms with Gasteiger partial charge in [-0.1, -0.05) is 0 Å². The maximum absolute atomic E-state index is 12.4. The predicted octanol–water partition coefficient (Wildman–Crippen LogP) is 0.354. The molecule has 1 aromatic carbocycles. The average Bonchev–Trinajstić information content (AvgIpc) is 2.92. The van der Waals surface area contributed by atoms with Crippen LogP contribution in [0.25, 0.3) is 10.9 Å². The molecular formula is C13H13N3O4. The van der Waals surface area contributed by atoms with Gasteiger partial charge in [0.05, 0.1) is 10.9 Å². The number of aryl methyl sites for hydroxylation is 1. The third-order valence-corrected chi connectivity index (χ3v) is 3.29. The van der Waals surface area contributed by atoms with E-state index in [1.54, 1.807) is 16.7 Å². The number of hydrogen-bond donors (Lipinski definition) is 2. The van der Waals surface area contributed by atoms with Gasteiger partial charge in [0.1, 0.15) is 5.56 Å². The van der Waals surface area contributed by atoms with Crippen LogP contribution in [0, 0.1) is 0 Å². The molecule has 104 valence electrons. The number of ether oxygens (including phenoxy) is 2. The van der Waals surface area contributed by atoms with Crippen LogP contribution in [0.1, 0.15) is 17.3 Å². The number of carbonyl (C=O) groups is 1. The number of nitrogens with one attached hydrogen (secondary N) is 1. The molecule has 20 heavy (non-hydrogen) atoms. The first-order chi connectivity index (χ1) is 9.65. The number of hydrazine groups is 1. The molecule has 0 saturated heterocycles. The zero-order chi connectivity index (χ0) is 14.3. The number of carbonyl (C=O) groups excluding carboxylic acids is 1. The summed E-state index contributed by atoms with van der Waals surface area (Å²) in [6.07, 6.45) is 1.50. The number of rotatable bonds is 2. The van der Waals surface area contributed by atoms with Crippen LogP contribution in [0.15, 0.2) is 23.1 Å². The molecule has 0 fully saturated rings. The van der Waals surface area contributed by atoms with E-state index in [-0.39, 0.29) is 17.8 Å². The number of hydrogen-bond acceptors (Lipinski definition) is 5. The summed E-state index contributed by atoms with van der Waals surface area (Å²) in [5.74, 6) is 5.59. The van der Waals surface area contributed by atoms with Gasteiger partial charge >= 0.3 is 0 Å². The van der Waals surface area contributed by atoms with Crippen molar-refractivity contribution in [1.29, 1.82) is 0 Å². The summed E-state index contributed by atoms with van der Waals surface area (Å²) < 4.78 is 12.4. The van der Waals surface area contributed by atoms with Crippen LogP contribution in [0.4, 0.5) is 0 Å². The largest absolute Gasteiger partial charge is 0.454 e. The van der Waals surface area contributed by atoms with E-state index in [9.17, 15) is 9.59 Å². The minimum Gasteiger partial charge on any atom is -0.454 e. The molecule has 0 radical (unpaired) electrons. The van der Waals surface area contributed by atoms with Crippen LogP contribution in [-0.4, -0.2) is 17.3 Å². The Bertz CT molecular complexity index is 766.